The lowest BCUT2D eigenvalue weighted by molar-refractivity contribution is -0.140. The van der Waals surface area contributed by atoms with Crippen LogP contribution >= 0.6 is 0 Å². The smallest absolute Gasteiger partial charge is 0.338 e. The van der Waals surface area contributed by atoms with Crippen LogP contribution in [0.5, 0.6) is 0 Å². The first-order valence-electron chi connectivity index (χ1n) is 5.60. The van der Waals surface area contributed by atoms with E-state index in [1.807, 2.05) is 13.8 Å². The zero-order valence-corrected chi connectivity index (χ0v) is 11.2. The molecule has 0 spiro atoms. The molecule has 7 heteroatoms. The van der Waals surface area contributed by atoms with Crippen molar-refractivity contribution in [1.82, 2.24) is 4.31 Å². The number of carbonyl (C=O) groups is 1. The Hall–Kier alpha value is -0.660. The Bertz CT molecular complexity index is 365. The maximum absolute atomic E-state index is 11.6. The first-order chi connectivity index (χ1) is 7.86. The zero-order chi connectivity index (χ0) is 13.1. The van der Waals surface area contributed by atoms with Gasteiger partial charge in [-0.05, 0) is 12.3 Å². The van der Waals surface area contributed by atoms with Crippen molar-refractivity contribution < 1.29 is 22.1 Å². The molecular formula is C10H19NO5S. The number of esters is 1. The molecule has 1 aliphatic rings. The number of hydrogen-bond acceptors (Lipinski definition) is 5. The van der Waals surface area contributed by atoms with Gasteiger partial charge in [-0.2, -0.15) is 12.7 Å². The molecule has 1 atom stereocenters. The highest BCUT2D eigenvalue weighted by Crippen LogP contribution is 2.24. The molecule has 0 radical (unpaired) electrons. The Balaban J connectivity index is 2.64. The second-order valence-corrected chi connectivity index (χ2v) is 6.02. The van der Waals surface area contributed by atoms with Crippen molar-refractivity contribution in [2.45, 2.75) is 32.7 Å². The van der Waals surface area contributed by atoms with Crippen molar-refractivity contribution in [2.75, 3.05) is 20.3 Å². The Morgan fingerprint density at radius 1 is 1.53 bits per heavy atom. The SMILES string of the molecule is COC(=O)CCN1C(CC(C)C)COS1(=O)=O. The highest BCUT2D eigenvalue weighted by Gasteiger charge is 2.38. The fourth-order valence-corrected chi connectivity index (χ4v) is 3.12. The molecule has 0 aromatic heterocycles. The van der Waals surface area contributed by atoms with Gasteiger partial charge in [-0.3, -0.25) is 8.98 Å². The monoisotopic (exact) mass is 265 g/mol. The van der Waals surface area contributed by atoms with E-state index in [1.165, 1.54) is 11.4 Å². The molecule has 1 rings (SSSR count). The van der Waals surface area contributed by atoms with E-state index in [1.54, 1.807) is 0 Å². The standard InChI is InChI=1S/C10H19NO5S/c1-8(2)6-9-7-16-17(13,14)11(9)5-4-10(12)15-3/h8-9H,4-7H2,1-3H3. The minimum absolute atomic E-state index is 0.0493. The average Bonchev–Trinajstić information content (AvgIpc) is 2.50. The molecule has 1 aliphatic heterocycles. The summed E-state index contributed by atoms with van der Waals surface area (Å²) in [4.78, 5) is 11.0. The maximum atomic E-state index is 11.6. The Morgan fingerprint density at radius 2 is 2.18 bits per heavy atom. The molecule has 0 aromatic carbocycles. The fourth-order valence-electron chi connectivity index (χ4n) is 1.83. The van der Waals surface area contributed by atoms with Gasteiger partial charge in [0.1, 0.15) is 0 Å². The number of carbonyl (C=O) groups excluding carboxylic acids is 1. The molecule has 0 bridgehead atoms. The lowest BCUT2D eigenvalue weighted by Crippen LogP contribution is -2.36. The molecular weight excluding hydrogens is 246 g/mol. The average molecular weight is 265 g/mol. The summed E-state index contributed by atoms with van der Waals surface area (Å²) in [6, 6.07) is -0.176. The first-order valence-corrected chi connectivity index (χ1v) is 6.96. The van der Waals surface area contributed by atoms with Gasteiger partial charge in [-0.15, -0.1) is 0 Å². The van der Waals surface area contributed by atoms with E-state index in [-0.39, 0.29) is 25.6 Å². The molecule has 0 aliphatic carbocycles. The minimum Gasteiger partial charge on any atom is -0.469 e. The molecule has 0 saturated carbocycles. The molecule has 0 amide bonds. The summed E-state index contributed by atoms with van der Waals surface area (Å²) in [5.74, 6) is -0.0482. The van der Waals surface area contributed by atoms with Gasteiger partial charge >= 0.3 is 16.3 Å². The van der Waals surface area contributed by atoms with Gasteiger partial charge in [0.05, 0.1) is 26.2 Å². The van der Waals surface area contributed by atoms with Crippen molar-refractivity contribution in [1.29, 1.82) is 0 Å². The lowest BCUT2D eigenvalue weighted by Gasteiger charge is -2.21. The molecule has 1 unspecified atom stereocenters. The molecule has 1 heterocycles. The van der Waals surface area contributed by atoms with Crippen LogP contribution in [-0.4, -0.2) is 45.0 Å². The van der Waals surface area contributed by atoms with Gasteiger partial charge in [-0.25, -0.2) is 0 Å². The third-order valence-electron chi connectivity index (χ3n) is 2.61. The number of ether oxygens (including phenoxy) is 1. The molecule has 0 aromatic rings. The van der Waals surface area contributed by atoms with E-state index in [0.717, 1.165) is 6.42 Å². The Labute approximate surface area is 102 Å². The molecule has 1 fully saturated rings. The number of nitrogens with zero attached hydrogens (tertiary/aromatic N) is 1. The molecule has 1 saturated heterocycles. The fraction of sp³-hybridized carbons (Fsp3) is 0.900. The van der Waals surface area contributed by atoms with Crippen molar-refractivity contribution in [3.05, 3.63) is 0 Å². The van der Waals surface area contributed by atoms with Gasteiger partial charge < -0.3 is 4.74 Å². The molecule has 0 N–H and O–H groups in total. The van der Waals surface area contributed by atoms with Crippen LogP contribution in [0.4, 0.5) is 0 Å². The summed E-state index contributed by atoms with van der Waals surface area (Å²) >= 11 is 0. The van der Waals surface area contributed by atoms with Crippen LogP contribution in [0, 0.1) is 5.92 Å². The quantitative estimate of drug-likeness (QED) is 0.678. The minimum atomic E-state index is -3.66. The summed E-state index contributed by atoms with van der Waals surface area (Å²) in [6.45, 7) is 4.32. The van der Waals surface area contributed by atoms with E-state index >= 15 is 0 Å². The van der Waals surface area contributed by atoms with Gasteiger partial charge in [0.25, 0.3) is 0 Å². The summed E-state index contributed by atoms with van der Waals surface area (Å²) in [7, 11) is -2.38. The molecule has 100 valence electrons. The number of methoxy groups -OCH3 is 1. The topological polar surface area (TPSA) is 72.9 Å². The van der Waals surface area contributed by atoms with Crippen molar-refractivity contribution in [2.24, 2.45) is 5.92 Å². The predicted molar refractivity (Wildman–Crippen MR) is 61.5 cm³/mol. The van der Waals surface area contributed by atoms with Crippen LogP contribution in [0.3, 0.4) is 0 Å². The van der Waals surface area contributed by atoms with Crippen LogP contribution in [0.25, 0.3) is 0 Å². The highest BCUT2D eigenvalue weighted by atomic mass is 32.2. The van der Waals surface area contributed by atoms with Gasteiger partial charge in [-0.1, -0.05) is 13.8 Å². The van der Waals surface area contributed by atoms with Crippen molar-refractivity contribution in [3.8, 4) is 0 Å². The Kier molecular flexibility index (Phi) is 4.91. The molecule has 17 heavy (non-hydrogen) atoms. The maximum Gasteiger partial charge on any atom is 0.338 e. The molecule has 6 nitrogen and oxygen atoms in total. The number of hydrogen-bond donors (Lipinski definition) is 0. The van der Waals surface area contributed by atoms with Crippen LogP contribution in [0.1, 0.15) is 26.7 Å². The zero-order valence-electron chi connectivity index (χ0n) is 10.4. The largest absolute Gasteiger partial charge is 0.469 e. The van der Waals surface area contributed by atoms with Crippen molar-refractivity contribution >= 4 is 16.3 Å². The summed E-state index contributed by atoms with van der Waals surface area (Å²) in [6.07, 6.45) is 0.772. The van der Waals surface area contributed by atoms with Gasteiger partial charge in [0.15, 0.2) is 0 Å². The van der Waals surface area contributed by atoms with E-state index < -0.39 is 16.3 Å². The summed E-state index contributed by atoms with van der Waals surface area (Å²) in [5.41, 5.74) is 0. The lowest BCUT2D eigenvalue weighted by atomic mass is 10.0. The van der Waals surface area contributed by atoms with Crippen LogP contribution < -0.4 is 0 Å². The third kappa shape index (κ3) is 3.93. The second kappa shape index (κ2) is 5.79. The number of rotatable bonds is 5. The van der Waals surface area contributed by atoms with Gasteiger partial charge in [0.2, 0.25) is 0 Å². The predicted octanol–water partition coefficient (Wildman–Crippen LogP) is 0.541. The van der Waals surface area contributed by atoms with Crippen molar-refractivity contribution in [3.63, 3.8) is 0 Å². The van der Waals surface area contributed by atoms with E-state index in [2.05, 4.69) is 4.74 Å². The normalized spacial score (nSPS) is 24.1. The Morgan fingerprint density at radius 3 is 2.71 bits per heavy atom. The van der Waals surface area contributed by atoms with Gasteiger partial charge in [0, 0.05) is 6.54 Å². The van der Waals surface area contributed by atoms with E-state index in [9.17, 15) is 13.2 Å². The van der Waals surface area contributed by atoms with Crippen LogP contribution in [-0.2, 0) is 24.0 Å². The summed E-state index contributed by atoms with van der Waals surface area (Å²) < 4.78 is 33.7. The highest BCUT2D eigenvalue weighted by molar-refractivity contribution is 7.84. The van der Waals surface area contributed by atoms with E-state index in [0.29, 0.717) is 5.92 Å². The third-order valence-corrected chi connectivity index (χ3v) is 4.10. The van der Waals surface area contributed by atoms with Crippen LogP contribution in [0.2, 0.25) is 0 Å². The summed E-state index contributed by atoms with van der Waals surface area (Å²) in [5, 5.41) is 0. The first kappa shape index (κ1) is 14.4. The second-order valence-electron chi connectivity index (χ2n) is 4.46. The van der Waals surface area contributed by atoms with E-state index in [4.69, 9.17) is 4.18 Å². The van der Waals surface area contributed by atoms with Crippen LogP contribution in [0.15, 0.2) is 0 Å².